The number of halogens is 4. The van der Waals surface area contributed by atoms with Gasteiger partial charge in [-0.1, -0.05) is 24.0 Å². The molecular weight excluding hydrogens is 636 g/mol. The topological polar surface area (TPSA) is 137 Å². The lowest BCUT2D eigenvalue weighted by atomic mass is 9.85. The third kappa shape index (κ3) is 9.18. The van der Waals surface area contributed by atoms with Crippen molar-refractivity contribution in [3.05, 3.63) is 59.4 Å². The second kappa shape index (κ2) is 14.5. The second-order valence-corrected chi connectivity index (χ2v) is 13.1. The molecule has 1 spiro atoms. The Bertz CT molecular complexity index is 1630. The van der Waals surface area contributed by atoms with Gasteiger partial charge in [0.25, 0.3) is 5.91 Å². The molecule has 0 atom stereocenters. The molecule has 16 heteroatoms. The van der Waals surface area contributed by atoms with E-state index >= 15 is 0 Å². The fourth-order valence-electron chi connectivity index (χ4n) is 4.84. The number of carbonyl (C=O) groups excluding carboxylic acids is 2. The van der Waals surface area contributed by atoms with E-state index in [2.05, 4.69) is 22.1 Å². The van der Waals surface area contributed by atoms with Gasteiger partial charge in [0.2, 0.25) is 10.0 Å². The number of amides is 3. The standard InChI is InChI=1S/C28H33FN4O5S.C2HF3O2/c1-20(2)38-24-9-5-7-21(17-24)19-32-15-12-28(13-16-32)26(34)30-27(35)33(28)25-18-23(29)11-10-22(25)8-6-14-31(3)39(4,36)37;3-2(4,5)1(6)7/h5,7,9-11,17-18,20H,12-16,19H2,1-4H3,(H,30,34,35);(H,6,7). The lowest BCUT2D eigenvalue weighted by Crippen LogP contribution is -2.56. The van der Waals surface area contributed by atoms with Crippen molar-refractivity contribution in [1.82, 2.24) is 14.5 Å². The van der Waals surface area contributed by atoms with E-state index in [-0.39, 0.29) is 18.3 Å². The van der Waals surface area contributed by atoms with Crippen molar-refractivity contribution in [3.8, 4) is 17.6 Å². The molecule has 11 nitrogen and oxygen atoms in total. The Hall–Kier alpha value is -4.20. The number of carbonyl (C=O) groups is 3. The molecule has 2 saturated heterocycles. The van der Waals surface area contributed by atoms with Gasteiger partial charge >= 0.3 is 18.2 Å². The van der Waals surface area contributed by atoms with Crippen molar-refractivity contribution in [2.75, 3.05) is 37.8 Å². The predicted octanol–water partition coefficient (Wildman–Crippen LogP) is 3.58. The number of sulfonamides is 1. The molecule has 2 aliphatic heterocycles. The summed E-state index contributed by atoms with van der Waals surface area (Å²) in [5.74, 6) is 2.68. The molecule has 2 fully saturated rings. The molecule has 2 aromatic carbocycles. The maximum absolute atomic E-state index is 14.4. The Morgan fingerprint density at radius 2 is 1.78 bits per heavy atom. The van der Waals surface area contributed by atoms with Crippen molar-refractivity contribution < 1.29 is 50.2 Å². The number of urea groups is 1. The van der Waals surface area contributed by atoms with Crippen LogP contribution in [0.5, 0.6) is 5.75 Å². The van der Waals surface area contributed by atoms with Crippen molar-refractivity contribution in [1.29, 1.82) is 0 Å². The van der Waals surface area contributed by atoms with E-state index in [0.717, 1.165) is 21.9 Å². The van der Waals surface area contributed by atoms with E-state index in [0.29, 0.717) is 38.0 Å². The number of rotatable bonds is 7. The molecule has 0 unspecified atom stereocenters. The summed E-state index contributed by atoms with van der Waals surface area (Å²) in [7, 11) is -2.02. The van der Waals surface area contributed by atoms with Gasteiger partial charge in [-0.3, -0.25) is 19.9 Å². The van der Waals surface area contributed by atoms with Crippen LogP contribution in [-0.4, -0.2) is 91.4 Å². The van der Waals surface area contributed by atoms with E-state index in [1.165, 1.54) is 30.1 Å². The van der Waals surface area contributed by atoms with Crippen molar-refractivity contribution in [2.24, 2.45) is 0 Å². The van der Waals surface area contributed by atoms with Crippen LogP contribution in [0.15, 0.2) is 42.5 Å². The van der Waals surface area contributed by atoms with Gasteiger partial charge in [0.15, 0.2) is 0 Å². The first-order valence-corrected chi connectivity index (χ1v) is 15.8. The number of piperidine rings is 1. The Kier molecular flexibility index (Phi) is 11.4. The van der Waals surface area contributed by atoms with Gasteiger partial charge in [0, 0.05) is 32.2 Å². The number of hydrogen-bond acceptors (Lipinski definition) is 7. The number of imide groups is 1. The van der Waals surface area contributed by atoms with Gasteiger partial charge < -0.3 is 9.84 Å². The summed E-state index contributed by atoms with van der Waals surface area (Å²) < 4.78 is 76.4. The highest BCUT2D eigenvalue weighted by Gasteiger charge is 2.55. The van der Waals surface area contributed by atoms with Crippen LogP contribution in [0.2, 0.25) is 0 Å². The molecule has 2 aliphatic rings. The normalized spacial score (nSPS) is 16.5. The molecule has 0 aliphatic carbocycles. The Balaban J connectivity index is 0.000000738. The molecule has 0 saturated carbocycles. The smallest absolute Gasteiger partial charge is 0.490 e. The molecule has 250 valence electrons. The number of carboxylic acid groups (broad SMARTS) is 1. The number of hydrogen-bond donors (Lipinski definition) is 2. The Morgan fingerprint density at radius 1 is 1.15 bits per heavy atom. The Morgan fingerprint density at radius 3 is 2.35 bits per heavy atom. The minimum atomic E-state index is -5.08. The zero-order valence-electron chi connectivity index (χ0n) is 25.5. The number of alkyl halides is 3. The van der Waals surface area contributed by atoms with E-state index in [4.69, 9.17) is 14.6 Å². The summed E-state index contributed by atoms with van der Waals surface area (Å²) in [6, 6.07) is 11.1. The molecule has 4 rings (SSSR count). The Labute approximate surface area is 264 Å². The molecular formula is C30H34F4N4O7S. The number of aliphatic carboxylic acids is 1. The average molecular weight is 671 g/mol. The number of nitrogens with one attached hydrogen (secondary N) is 1. The molecule has 0 bridgehead atoms. The van der Waals surface area contributed by atoms with Crippen LogP contribution in [0.4, 0.5) is 28.0 Å². The number of carboxylic acids is 1. The largest absolute Gasteiger partial charge is 0.491 e. The summed E-state index contributed by atoms with van der Waals surface area (Å²) in [6.07, 6.45) is -3.23. The van der Waals surface area contributed by atoms with E-state index in [1.54, 1.807) is 0 Å². The van der Waals surface area contributed by atoms with Gasteiger partial charge in [0.1, 0.15) is 17.1 Å². The molecule has 3 amide bonds. The van der Waals surface area contributed by atoms with Gasteiger partial charge in [-0.25, -0.2) is 22.4 Å². The van der Waals surface area contributed by atoms with Gasteiger partial charge in [0.05, 0.1) is 24.6 Å². The second-order valence-electron chi connectivity index (χ2n) is 11.0. The number of benzene rings is 2. The zero-order valence-corrected chi connectivity index (χ0v) is 26.3. The van der Waals surface area contributed by atoms with Crippen LogP contribution < -0.4 is 15.0 Å². The van der Waals surface area contributed by atoms with Gasteiger partial charge in [-0.05, 0) is 62.6 Å². The molecule has 2 N–H and O–H groups in total. The van der Waals surface area contributed by atoms with Crippen molar-refractivity contribution in [2.45, 2.75) is 51.1 Å². The van der Waals surface area contributed by atoms with E-state index in [1.807, 2.05) is 38.1 Å². The third-order valence-electron chi connectivity index (χ3n) is 7.17. The van der Waals surface area contributed by atoms with Gasteiger partial charge in [-0.2, -0.15) is 17.5 Å². The first-order chi connectivity index (χ1) is 21.3. The molecule has 0 radical (unpaired) electrons. The molecule has 0 aromatic heterocycles. The number of ether oxygens (including phenoxy) is 1. The number of nitrogens with zero attached hydrogens (tertiary/aromatic N) is 3. The fourth-order valence-corrected chi connectivity index (χ4v) is 5.14. The molecule has 2 aromatic rings. The molecule has 2 heterocycles. The van der Waals surface area contributed by atoms with Crippen LogP contribution in [0.1, 0.15) is 37.8 Å². The van der Waals surface area contributed by atoms with Crippen LogP contribution in [0.3, 0.4) is 0 Å². The minimum Gasteiger partial charge on any atom is -0.491 e. The van der Waals surface area contributed by atoms with Crippen LogP contribution >= 0.6 is 0 Å². The maximum Gasteiger partial charge on any atom is 0.490 e. The number of likely N-dealkylation sites (tertiary alicyclic amines) is 1. The minimum absolute atomic E-state index is 0.0671. The monoisotopic (exact) mass is 670 g/mol. The lowest BCUT2D eigenvalue weighted by molar-refractivity contribution is -0.192. The van der Waals surface area contributed by atoms with Crippen molar-refractivity contribution in [3.63, 3.8) is 0 Å². The van der Waals surface area contributed by atoms with Gasteiger partial charge in [-0.15, -0.1) is 0 Å². The van der Waals surface area contributed by atoms with E-state index in [9.17, 15) is 35.6 Å². The highest BCUT2D eigenvalue weighted by molar-refractivity contribution is 7.88. The summed E-state index contributed by atoms with van der Waals surface area (Å²) in [6.45, 7) is 5.61. The SMILES string of the molecule is CC(C)Oc1cccc(CN2CCC3(CC2)C(=O)NC(=O)N3c2cc(F)ccc2C#CCN(C)S(C)(=O)=O)c1.O=C(O)C(F)(F)F. The maximum atomic E-state index is 14.4. The summed E-state index contributed by atoms with van der Waals surface area (Å²) >= 11 is 0. The predicted molar refractivity (Wildman–Crippen MR) is 160 cm³/mol. The summed E-state index contributed by atoms with van der Waals surface area (Å²) in [4.78, 5) is 38.6. The van der Waals surface area contributed by atoms with Crippen molar-refractivity contribution >= 4 is 33.6 Å². The van der Waals surface area contributed by atoms with Crippen LogP contribution in [0, 0.1) is 17.7 Å². The van der Waals surface area contributed by atoms with Crippen LogP contribution in [0.25, 0.3) is 0 Å². The van der Waals surface area contributed by atoms with Crippen LogP contribution in [-0.2, 0) is 26.2 Å². The highest BCUT2D eigenvalue weighted by atomic mass is 32.2. The summed E-state index contributed by atoms with van der Waals surface area (Å²) in [5, 5.41) is 9.54. The fraction of sp³-hybridized carbons (Fsp3) is 0.433. The lowest BCUT2D eigenvalue weighted by Gasteiger charge is -2.42. The first kappa shape index (κ1) is 36.3. The van der Waals surface area contributed by atoms with E-state index < -0.39 is 45.5 Å². The summed E-state index contributed by atoms with van der Waals surface area (Å²) in [5.41, 5.74) is 0.408. The first-order valence-electron chi connectivity index (χ1n) is 14.0. The molecule has 46 heavy (non-hydrogen) atoms. The average Bonchev–Trinajstić information content (AvgIpc) is 3.18. The number of anilines is 1. The third-order valence-corrected chi connectivity index (χ3v) is 8.43. The highest BCUT2D eigenvalue weighted by Crippen LogP contribution is 2.39. The zero-order chi connectivity index (χ0) is 34.4. The quantitative estimate of drug-likeness (QED) is 0.259.